The number of benzene rings is 2. The van der Waals surface area contributed by atoms with E-state index in [1.807, 2.05) is 66.8 Å². The normalized spacial score (nSPS) is 14.2. The summed E-state index contributed by atoms with van der Waals surface area (Å²) < 4.78 is 7.88. The first-order valence-corrected chi connectivity index (χ1v) is 10.4. The summed E-state index contributed by atoms with van der Waals surface area (Å²) in [6, 6.07) is 18.4. The third kappa shape index (κ3) is 5.28. The molecule has 0 aromatic heterocycles. The molecule has 2 aromatic carbocycles. The molecule has 0 spiro atoms. The third-order valence-electron chi connectivity index (χ3n) is 4.09. The number of allylic oxidation sites excluding steroid dienone is 4. The summed E-state index contributed by atoms with van der Waals surface area (Å²) in [6.45, 7) is 0.607. The van der Waals surface area contributed by atoms with E-state index in [0.29, 0.717) is 12.3 Å². The average molecular weight is 497 g/mol. The molecule has 3 rings (SSSR count). The summed E-state index contributed by atoms with van der Waals surface area (Å²) >= 11 is 7.21. The smallest absolute Gasteiger partial charge is 0.136 e. The molecule has 0 radical (unpaired) electrons. The topological polar surface area (TPSA) is 12.5 Å². The molecule has 4 heteroatoms. The van der Waals surface area contributed by atoms with Crippen LogP contribution in [-0.2, 0) is 4.74 Å². The van der Waals surface area contributed by atoms with Crippen LogP contribution in [0.4, 0.5) is 11.4 Å². The number of ether oxygens (including phenoxy) is 1. The highest BCUT2D eigenvalue weighted by Gasteiger charge is 2.14. The Labute approximate surface area is 183 Å². The highest BCUT2D eigenvalue weighted by molar-refractivity contribution is 9.12. The van der Waals surface area contributed by atoms with Gasteiger partial charge in [-0.2, -0.15) is 0 Å². The van der Waals surface area contributed by atoms with E-state index in [1.54, 1.807) is 6.08 Å². The SMILES string of the molecule is C#C/C=C(Br)\C(=C/CN(c1ccccc1)c1ccccc1Br)OC1C=CC=C1. The largest absolute Gasteiger partial charge is 0.481 e. The van der Waals surface area contributed by atoms with Crippen molar-refractivity contribution in [3.8, 4) is 12.3 Å². The molecule has 0 saturated heterocycles. The van der Waals surface area contributed by atoms with Gasteiger partial charge in [-0.05, 0) is 74.4 Å². The lowest BCUT2D eigenvalue weighted by atomic mass is 10.2. The zero-order valence-corrected chi connectivity index (χ0v) is 18.3. The summed E-state index contributed by atoms with van der Waals surface area (Å²) in [7, 11) is 0. The van der Waals surface area contributed by atoms with Crippen LogP contribution in [-0.4, -0.2) is 12.6 Å². The molecule has 0 saturated carbocycles. The summed E-state index contributed by atoms with van der Waals surface area (Å²) in [5, 5.41) is 0. The van der Waals surface area contributed by atoms with E-state index >= 15 is 0 Å². The molecule has 0 heterocycles. The molecule has 0 N–H and O–H groups in total. The third-order valence-corrected chi connectivity index (χ3v) is 5.38. The number of nitrogens with zero attached hydrogens (tertiary/aromatic N) is 1. The number of terminal acetylenes is 1. The highest BCUT2D eigenvalue weighted by atomic mass is 79.9. The van der Waals surface area contributed by atoms with Gasteiger partial charge in [-0.25, -0.2) is 0 Å². The van der Waals surface area contributed by atoms with E-state index in [1.165, 1.54) is 0 Å². The van der Waals surface area contributed by atoms with E-state index in [0.717, 1.165) is 20.3 Å². The molecule has 0 aliphatic heterocycles. The minimum Gasteiger partial charge on any atom is -0.481 e. The van der Waals surface area contributed by atoms with Crippen LogP contribution in [0.2, 0.25) is 0 Å². The van der Waals surface area contributed by atoms with Gasteiger partial charge in [0.2, 0.25) is 0 Å². The van der Waals surface area contributed by atoms with Crippen molar-refractivity contribution < 1.29 is 4.74 Å². The Morgan fingerprint density at radius 3 is 2.43 bits per heavy atom. The van der Waals surface area contributed by atoms with E-state index in [4.69, 9.17) is 11.2 Å². The van der Waals surface area contributed by atoms with E-state index in [9.17, 15) is 0 Å². The van der Waals surface area contributed by atoms with Crippen LogP contribution >= 0.6 is 31.9 Å². The maximum absolute atomic E-state index is 6.12. The van der Waals surface area contributed by atoms with Crippen molar-refractivity contribution in [1.82, 2.24) is 0 Å². The van der Waals surface area contributed by atoms with Crippen molar-refractivity contribution in [2.45, 2.75) is 6.10 Å². The van der Waals surface area contributed by atoms with Gasteiger partial charge < -0.3 is 9.64 Å². The molecule has 140 valence electrons. The lowest BCUT2D eigenvalue weighted by Gasteiger charge is -2.25. The molecule has 0 bridgehead atoms. The maximum Gasteiger partial charge on any atom is 0.136 e. The van der Waals surface area contributed by atoms with Gasteiger partial charge in [0.1, 0.15) is 11.9 Å². The number of para-hydroxylation sites is 2. The Balaban J connectivity index is 1.94. The predicted molar refractivity (Wildman–Crippen MR) is 125 cm³/mol. The van der Waals surface area contributed by atoms with Gasteiger partial charge in [0, 0.05) is 22.8 Å². The van der Waals surface area contributed by atoms with E-state index in [2.05, 4.69) is 60.9 Å². The van der Waals surface area contributed by atoms with Crippen molar-refractivity contribution in [3.05, 3.63) is 106 Å². The molecule has 0 fully saturated rings. The van der Waals surface area contributed by atoms with Gasteiger partial charge in [-0.1, -0.05) is 48.4 Å². The Bertz CT molecular complexity index is 956. The first kappa shape index (κ1) is 20.3. The minimum atomic E-state index is -0.0985. The second-order valence-corrected chi connectivity index (χ2v) is 7.69. The average Bonchev–Trinajstić information content (AvgIpc) is 3.22. The lowest BCUT2D eigenvalue weighted by molar-refractivity contribution is 0.203. The van der Waals surface area contributed by atoms with Crippen molar-refractivity contribution in [2.24, 2.45) is 0 Å². The first-order valence-electron chi connectivity index (χ1n) is 8.80. The van der Waals surface area contributed by atoms with Gasteiger partial charge in [0.15, 0.2) is 0 Å². The number of rotatable bonds is 7. The van der Waals surface area contributed by atoms with Crippen LogP contribution in [0.5, 0.6) is 0 Å². The highest BCUT2D eigenvalue weighted by Crippen LogP contribution is 2.32. The van der Waals surface area contributed by atoms with Gasteiger partial charge in [0.05, 0.1) is 10.2 Å². The Hall–Kier alpha value is -2.48. The Kier molecular flexibility index (Phi) is 7.36. The van der Waals surface area contributed by atoms with Crippen LogP contribution < -0.4 is 4.90 Å². The molecule has 0 amide bonds. The monoisotopic (exact) mass is 495 g/mol. The van der Waals surface area contributed by atoms with Crippen LogP contribution in [0.25, 0.3) is 0 Å². The minimum absolute atomic E-state index is 0.0985. The second kappa shape index (κ2) is 10.2. The zero-order chi connectivity index (χ0) is 19.8. The van der Waals surface area contributed by atoms with Crippen LogP contribution in [0.3, 0.4) is 0 Å². The van der Waals surface area contributed by atoms with Crippen molar-refractivity contribution >= 4 is 43.2 Å². The molecular weight excluding hydrogens is 478 g/mol. The van der Waals surface area contributed by atoms with Crippen LogP contribution in [0.15, 0.2) is 106 Å². The summed E-state index contributed by atoms with van der Waals surface area (Å²) in [5.74, 6) is 3.25. The fourth-order valence-corrected chi connectivity index (χ4v) is 3.66. The molecule has 0 atom stereocenters. The number of hydrogen-bond donors (Lipinski definition) is 0. The van der Waals surface area contributed by atoms with Crippen molar-refractivity contribution in [2.75, 3.05) is 11.4 Å². The maximum atomic E-state index is 6.12. The van der Waals surface area contributed by atoms with Crippen LogP contribution in [0.1, 0.15) is 0 Å². The van der Waals surface area contributed by atoms with Gasteiger partial charge >= 0.3 is 0 Å². The lowest BCUT2D eigenvalue weighted by Crippen LogP contribution is -2.18. The van der Waals surface area contributed by atoms with E-state index in [-0.39, 0.29) is 6.10 Å². The van der Waals surface area contributed by atoms with Crippen molar-refractivity contribution in [1.29, 1.82) is 0 Å². The van der Waals surface area contributed by atoms with Gasteiger partial charge in [0.25, 0.3) is 0 Å². The molecule has 0 unspecified atom stereocenters. The molecule has 28 heavy (non-hydrogen) atoms. The van der Waals surface area contributed by atoms with E-state index < -0.39 is 0 Å². The second-order valence-electron chi connectivity index (χ2n) is 5.98. The van der Waals surface area contributed by atoms with Crippen molar-refractivity contribution in [3.63, 3.8) is 0 Å². The number of hydrogen-bond acceptors (Lipinski definition) is 2. The summed E-state index contributed by atoms with van der Waals surface area (Å²) in [4.78, 5) is 2.21. The Morgan fingerprint density at radius 2 is 1.75 bits per heavy atom. The fourth-order valence-electron chi connectivity index (χ4n) is 2.78. The fraction of sp³-hybridized carbons (Fsp3) is 0.0833. The molecular formula is C24H19Br2NO. The first-order chi connectivity index (χ1) is 13.7. The van der Waals surface area contributed by atoms with Crippen LogP contribution in [0, 0.1) is 12.3 Å². The molecule has 1 aliphatic carbocycles. The standard InChI is InChI=1S/C24H19Br2NO/c1-2-10-22(26)24(28-20-13-6-7-14-20)17-18-27(19-11-4-3-5-12-19)23-16-9-8-15-21(23)25/h1,3-17,20H,18H2/b22-10+,24-17+. The predicted octanol–water partition coefficient (Wildman–Crippen LogP) is 6.89. The number of halogens is 2. The van der Waals surface area contributed by atoms with Gasteiger partial charge in [-0.3, -0.25) is 0 Å². The summed E-state index contributed by atoms with van der Waals surface area (Å²) in [6.07, 6.45) is 17.0. The summed E-state index contributed by atoms with van der Waals surface area (Å²) in [5.41, 5.74) is 2.16. The number of anilines is 2. The zero-order valence-electron chi connectivity index (χ0n) is 15.1. The molecule has 1 aliphatic rings. The quantitative estimate of drug-likeness (QED) is 0.235. The Morgan fingerprint density at radius 1 is 1.07 bits per heavy atom. The molecule has 2 aromatic rings. The van der Waals surface area contributed by atoms with Gasteiger partial charge in [-0.15, -0.1) is 6.42 Å². The molecule has 2 nitrogen and oxygen atoms in total.